The van der Waals surface area contributed by atoms with Gasteiger partial charge in [-0.2, -0.15) is 0 Å². The van der Waals surface area contributed by atoms with E-state index >= 15 is 0 Å². The van der Waals surface area contributed by atoms with Crippen LogP contribution in [0.3, 0.4) is 0 Å². The molecule has 1 aromatic carbocycles. The number of hydrogen-bond acceptors (Lipinski definition) is 4. The van der Waals surface area contributed by atoms with Gasteiger partial charge in [-0.15, -0.1) is 0 Å². The molecule has 1 fully saturated rings. The summed E-state index contributed by atoms with van der Waals surface area (Å²) >= 11 is 7.59. The van der Waals surface area contributed by atoms with E-state index in [-0.39, 0.29) is 0 Å². The van der Waals surface area contributed by atoms with E-state index in [0.717, 1.165) is 39.7 Å². The number of anilines is 1. The summed E-state index contributed by atoms with van der Waals surface area (Å²) in [5.41, 5.74) is 0.939. The zero-order chi connectivity index (χ0) is 12.5. The molecule has 0 radical (unpaired) electrons. The van der Waals surface area contributed by atoms with Crippen LogP contribution in [0.25, 0.3) is 10.2 Å². The molecule has 96 valence electrons. The minimum absolute atomic E-state index is 0.402. The Morgan fingerprint density at radius 1 is 1.39 bits per heavy atom. The summed E-state index contributed by atoms with van der Waals surface area (Å²) < 4.78 is 12.4. The van der Waals surface area contributed by atoms with Gasteiger partial charge in [-0.25, -0.2) is 4.98 Å². The largest absolute Gasteiger partial charge is 0.359 e. The Morgan fingerprint density at radius 3 is 2.94 bits per heavy atom. The van der Waals surface area contributed by atoms with Gasteiger partial charge in [-0.05, 0) is 31.0 Å². The average Bonchev–Trinajstić information content (AvgIpc) is 2.73. The van der Waals surface area contributed by atoms with E-state index < -0.39 is 10.8 Å². The third-order valence-electron chi connectivity index (χ3n) is 3.07. The predicted molar refractivity (Wildman–Crippen MR) is 79.2 cm³/mol. The number of benzene rings is 1. The molecule has 0 amide bonds. The third kappa shape index (κ3) is 2.68. The van der Waals surface area contributed by atoms with Crippen LogP contribution >= 0.6 is 22.9 Å². The second-order valence-electron chi connectivity index (χ2n) is 4.40. The zero-order valence-corrected chi connectivity index (χ0v) is 12.1. The van der Waals surface area contributed by atoms with Crippen LogP contribution in [-0.2, 0) is 10.8 Å². The van der Waals surface area contributed by atoms with E-state index in [1.54, 1.807) is 11.3 Å². The second kappa shape index (κ2) is 5.15. The third-order valence-corrected chi connectivity index (χ3v) is 5.65. The minimum atomic E-state index is -0.611. The first-order valence-electron chi connectivity index (χ1n) is 5.88. The number of thiazole rings is 1. The van der Waals surface area contributed by atoms with Crippen molar-refractivity contribution in [3.63, 3.8) is 0 Å². The molecule has 0 saturated carbocycles. The van der Waals surface area contributed by atoms with Crippen LogP contribution in [0.5, 0.6) is 0 Å². The van der Waals surface area contributed by atoms with Crippen molar-refractivity contribution < 1.29 is 4.21 Å². The molecule has 3 rings (SSSR count). The van der Waals surface area contributed by atoms with Crippen LogP contribution in [0.1, 0.15) is 12.8 Å². The normalized spacial score (nSPS) is 24.3. The first-order valence-corrected chi connectivity index (χ1v) is 8.56. The Bertz CT molecular complexity index is 589. The van der Waals surface area contributed by atoms with Crippen molar-refractivity contribution >= 4 is 49.1 Å². The topological polar surface area (TPSA) is 42.0 Å². The quantitative estimate of drug-likeness (QED) is 0.925. The lowest BCUT2D eigenvalue weighted by Crippen LogP contribution is -2.29. The first kappa shape index (κ1) is 12.4. The number of hydrogen-bond donors (Lipinski definition) is 1. The Balaban J connectivity index is 1.76. The summed E-state index contributed by atoms with van der Waals surface area (Å²) in [5, 5.41) is 5.09. The van der Waals surface area contributed by atoms with Gasteiger partial charge in [0.15, 0.2) is 5.13 Å². The summed E-state index contributed by atoms with van der Waals surface area (Å²) in [5.74, 6) is 1.60. The van der Waals surface area contributed by atoms with Crippen LogP contribution in [0.15, 0.2) is 18.2 Å². The molecule has 1 saturated heterocycles. The second-order valence-corrected chi connectivity index (χ2v) is 7.56. The Morgan fingerprint density at radius 2 is 2.17 bits per heavy atom. The Labute approximate surface area is 117 Å². The van der Waals surface area contributed by atoms with Gasteiger partial charge in [0, 0.05) is 33.4 Å². The van der Waals surface area contributed by atoms with E-state index in [9.17, 15) is 4.21 Å². The molecular formula is C12H13ClN2OS2. The fourth-order valence-corrected chi connectivity index (χ4v) is 4.46. The van der Waals surface area contributed by atoms with Crippen molar-refractivity contribution in [1.29, 1.82) is 0 Å². The molecule has 6 heteroatoms. The highest BCUT2D eigenvalue weighted by Gasteiger charge is 2.18. The Hall–Kier alpha value is -0.650. The summed E-state index contributed by atoms with van der Waals surface area (Å²) in [7, 11) is -0.611. The zero-order valence-electron chi connectivity index (χ0n) is 9.69. The minimum Gasteiger partial charge on any atom is -0.359 e. The number of rotatable bonds is 2. The fourth-order valence-electron chi connectivity index (χ4n) is 2.08. The highest BCUT2D eigenvalue weighted by Crippen LogP contribution is 2.29. The van der Waals surface area contributed by atoms with Crippen molar-refractivity contribution in [3.8, 4) is 0 Å². The molecule has 1 aromatic heterocycles. The van der Waals surface area contributed by atoms with Crippen molar-refractivity contribution in [2.45, 2.75) is 18.9 Å². The van der Waals surface area contributed by atoms with Gasteiger partial charge >= 0.3 is 0 Å². The molecule has 1 aliphatic rings. The lowest BCUT2D eigenvalue weighted by atomic mass is 10.2. The number of nitrogens with one attached hydrogen (secondary N) is 1. The van der Waals surface area contributed by atoms with Crippen molar-refractivity contribution in [2.24, 2.45) is 0 Å². The molecule has 0 atom stereocenters. The van der Waals surface area contributed by atoms with Crippen LogP contribution in [0, 0.1) is 0 Å². The molecule has 2 heterocycles. The van der Waals surface area contributed by atoms with Crippen LogP contribution in [0.4, 0.5) is 5.13 Å². The summed E-state index contributed by atoms with van der Waals surface area (Å²) in [6.45, 7) is 0. The van der Waals surface area contributed by atoms with Gasteiger partial charge in [0.05, 0.1) is 10.2 Å². The van der Waals surface area contributed by atoms with Gasteiger partial charge < -0.3 is 5.32 Å². The van der Waals surface area contributed by atoms with E-state index in [2.05, 4.69) is 10.3 Å². The van der Waals surface area contributed by atoms with Crippen molar-refractivity contribution in [3.05, 3.63) is 23.2 Å². The number of halogens is 1. The van der Waals surface area contributed by atoms with Gasteiger partial charge in [0.2, 0.25) is 0 Å². The molecule has 1 aliphatic heterocycles. The van der Waals surface area contributed by atoms with Crippen LogP contribution < -0.4 is 5.32 Å². The maximum atomic E-state index is 11.3. The maximum absolute atomic E-state index is 11.3. The average molecular weight is 301 g/mol. The van der Waals surface area contributed by atoms with E-state index in [0.29, 0.717) is 11.1 Å². The fraction of sp³-hybridized carbons (Fsp3) is 0.417. The molecule has 2 aromatic rings. The first-order chi connectivity index (χ1) is 8.70. The molecule has 0 aliphatic carbocycles. The van der Waals surface area contributed by atoms with Crippen LogP contribution in [0.2, 0.25) is 5.02 Å². The monoisotopic (exact) mass is 300 g/mol. The lowest BCUT2D eigenvalue weighted by Gasteiger charge is -2.21. The Kier molecular flexibility index (Phi) is 3.54. The molecular weight excluding hydrogens is 288 g/mol. The molecule has 0 unspecified atom stereocenters. The molecule has 3 nitrogen and oxygen atoms in total. The van der Waals surface area contributed by atoms with Crippen LogP contribution in [-0.4, -0.2) is 26.7 Å². The number of aromatic nitrogens is 1. The van der Waals surface area contributed by atoms with Gasteiger partial charge in [0.1, 0.15) is 0 Å². The lowest BCUT2D eigenvalue weighted by molar-refractivity contribution is 0.624. The van der Waals surface area contributed by atoms with E-state index in [1.165, 1.54) is 0 Å². The molecule has 0 bridgehead atoms. The van der Waals surface area contributed by atoms with Gasteiger partial charge in [0.25, 0.3) is 0 Å². The van der Waals surface area contributed by atoms with Gasteiger partial charge in [-0.3, -0.25) is 4.21 Å². The smallest absolute Gasteiger partial charge is 0.184 e. The molecule has 0 spiro atoms. The van der Waals surface area contributed by atoms with Crippen molar-refractivity contribution in [2.75, 3.05) is 16.8 Å². The summed E-state index contributed by atoms with van der Waals surface area (Å²) in [6.07, 6.45) is 1.92. The van der Waals surface area contributed by atoms with E-state index in [4.69, 9.17) is 11.6 Å². The highest BCUT2D eigenvalue weighted by atomic mass is 35.5. The SMILES string of the molecule is O=S1CCC(Nc2nc3cc(Cl)ccc3s2)CC1. The predicted octanol–water partition coefficient (Wildman–Crippen LogP) is 3.27. The summed E-state index contributed by atoms with van der Waals surface area (Å²) in [4.78, 5) is 4.53. The maximum Gasteiger partial charge on any atom is 0.184 e. The van der Waals surface area contributed by atoms with Crippen molar-refractivity contribution in [1.82, 2.24) is 4.98 Å². The molecule has 1 N–H and O–H groups in total. The molecule has 18 heavy (non-hydrogen) atoms. The standard InChI is InChI=1S/C12H13ClN2OS2/c13-8-1-2-11-10(7-8)15-12(17-11)14-9-3-5-18(16)6-4-9/h1-2,7,9H,3-6H2,(H,14,15). The highest BCUT2D eigenvalue weighted by molar-refractivity contribution is 7.85. The van der Waals surface area contributed by atoms with E-state index in [1.807, 2.05) is 18.2 Å². The number of fused-ring (bicyclic) bond motifs is 1. The van der Waals surface area contributed by atoms with Gasteiger partial charge in [-0.1, -0.05) is 22.9 Å². The summed E-state index contributed by atoms with van der Waals surface area (Å²) in [6, 6.07) is 6.17. The number of nitrogens with zero attached hydrogens (tertiary/aromatic N) is 1.